The summed E-state index contributed by atoms with van der Waals surface area (Å²) in [4.78, 5) is 19.4. The monoisotopic (exact) mass is 288 g/mol. The lowest BCUT2D eigenvalue weighted by Crippen LogP contribution is -2.17. The number of carbonyl (C=O) groups excluding carboxylic acids is 1. The maximum absolute atomic E-state index is 11.0. The lowest BCUT2D eigenvalue weighted by Gasteiger charge is -2.12. The summed E-state index contributed by atoms with van der Waals surface area (Å²) in [5, 5.41) is 2.48. The van der Waals surface area contributed by atoms with Crippen LogP contribution in [0.2, 0.25) is 0 Å². The Hall–Kier alpha value is -2.08. The summed E-state index contributed by atoms with van der Waals surface area (Å²) in [5.74, 6) is -0.0523. The van der Waals surface area contributed by atoms with Crippen molar-refractivity contribution < 1.29 is 4.79 Å². The quantitative estimate of drug-likeness (QED) is 0.754. The number of nitrogens with two attached hydrogens (primary N) is 1. The number of para-hydroxylation sites is 1. The second-order valence-electron chi connectivity index (χ2n) is 4.54. The van der Waals surface area contributed by atoms with E-state index in [1.54, 1.807) is 12.4 Å². The summed E-state index contributed by atoms with van der Waals surface area (Å²) in [6.07, 6.45) is 3.09. The molecule has 2 rings (SSSR count). The molecule has 1 atom stereocenters. The molecule has 1 heterocycles. The predicted octanol–water partition coefficient (Wildman–Crippen LogP) is 2.29. The number of aromatic nitrogens is 2. The van der Waals surface area contributed by atoms with E-state index in [0.717, 1.165) is 16.8 Å². The highest BCUT2D eigenvalue weighted by Crippen LogP contribution is 2.23. The molecule has 104 valence electrons. The molecular weight excluding hydrogens is 272 g/mol. The molecule has 3 N–H and O–H groups in total. The van der Waals surface area contributed by atoms with Gasteiger partial charge in [-0.25, -0.2) is 9.97 Å². The molecule has 1 aromatic carbocycles. The Kier molecular flexibility index (Phi) is 4.24. The summed E-state index contributed by atoms with van der Waals surface area (Å²) < 4.78 is 0. The van der Waals surface area contributed by atoms with Crippen LogP contribution in [0.25, 0.3) is 0 Å². The van der Waals surface area contributed by atoms with Gasteiger partial charge in [-0.05, 0) is 25.0 Å². The average molecular weight is 288 g/mol. The Balaban J connectivity index is 2.21. The second-order valence-corrected chi connectivity index (χ2v) is 5.05. The van der Waals surface area contributed by atoms with Gasteiger partial charge in [0.1, 0.15) is 5.25 Å². The SMILES string of the molecule is Cc1cccc(C)c1Nc1ncc(C(S)C(N)=O)cn1. The van der Waals surface area contributed by atoms with Crippen LogP contribution in [0.5, 0.6) is 0 Å². The van der Waals surface area contributed by atoms with Gasteiger partial charge < -0.3 is 11.1 Å². The van der Waals surface area contributed by atoms with Gasteiger partial charge in [0.2, 0.25) is 11.9 Å². The molecule has 1 aromatic heterocycles. The largest absolute Gasteiger partial charge is 0.368 e. The normalized spacial score (nSPS) is 11.9. The van der Waals surface area contributed by atoms with Gasteiger partial charge in [0.15, 0.2) is 0 Å². The molecular formula is C14H16N4OS. The van der Waals surface area contributed by atoms with Crippen LogP contribution in [0.4, 0.5) is 11.6 Å². The van der Waals surface area contributed by atoms with Crippen LogP contribution < -0.4 is 11.1 Å². The van der Waals surface area contributed by atoms with E-state index in [4.69, 9.17) is 5.73 Å². The number of carbonyl (C=O) groups is 1. The molecule has 6 heteroatoms. The van der Waals surface area contributed by atoms with Gasteiger partial charge in [-0.2, -0.15) is 12.6 Å². The third-order valence-electron chi connectivity index (χ3n) is 2.97. The smallest absolute Gasteiger partial charge is 0.234 e. The van der Waals surface area contributed by atoms with Crippen molar-refractivity contribution in [2.24, 2.45) is 5.73 Å². The van der Waals surface area contributed by atoms with E-state index in [1.165, 1.54) is 0 Å². The minimum atomic E-state index is -0.691. The van der Waals surface area contributed by atoms with Crippen LogP contribution in [0.15, 0.2) is 30.6 Å². The van der Waals surface area contributed by atoms with Gasteiger partial charge >= 0.3 is 0 Å². The first-order valence-electron chi connectivity index (χ1n) is 6.11. The second kappa shape index (κ2) is 5.92. The van der Waals surface area contributed by atoms with Crippen molar-refractivity contribution in [2.45, 2.75) is 19.1 Å². The average Bonchev–Trinajstić information content (AvgIpc) is 2.43. The standard InChI is InChI=1S/C14H16N4OS/c1-8-4-3-5-9(2)11(8)18-14-16-6-10(7-17-14)12(20)13(15)19/h3-7,12,20H,1-2H3,(H2,15,19)(H,16,17,18). The minimum Gasteiger partial charge on any atom is -0.368 e. The highest BCUT2D eigenvalue weighted by Gasteiger charge is 2.13. The molecule has 0 aliphatic carbocycles. The van der Waals surface area contributed by atoms with E-state index >= 15 is 0 Å². The molecule has 0 aliphatic heterocycles. The zero-order chi connectivity index (χ0) is 14.7. The van der Waals surface area contributed by atoms with E-state index in [9.17, 15) is 4.79 Å². The predicted molar refractivity (Wildman–Crippen MR) is 82.2 cm³/mol. The molecule has 2 aromatic rings. The van der Waals surface area contributed by atoms with E-state index in [1.807, 2.05) is 32.0 Å². The van der Waals surface area contributed by atoms with Crippen molar-refractivity contribution in [1.82, 2.24) is 9.97 Å². The first-order chi connectivity index (χ1) is 9.49. The van der Waals surface area contributed by atoms with Crippen molar-refractivity contribution >= 4 is 30.2 Å². The molecule has 0 bridgehead atoms. The number of primary amides is 1. The minimum absolute atomic E-state index is 0.469. The molecule has 0 aliphatic rings. The van der Waals surface area contributed by atoms with E-state index < -0.39 is 11.2 Å². The highest BCUT2D eigenvalue weighted by molar-refractivity contribution is 7.81. The number of aryl methyl sites for hydroxylation is 2. The zero-order valence-electron chi connectivity index (χ0n) is 11.3. The third-order valence-corrected chi connectivity index (χ3v) is 3.53. The van der Waals surface area contributed by atoms with Crippen LogP contribution >= 0.6 is 12.6 Å². The molecule has 0 saturated carbocycles. The summed E-state index contributed by atoms with van der Waals surface area (Å²) in [5.41, 5.74) is 8.97. The van der Waals surface area contributed by atoms with Gasteiger partial charge in [-0.3, -0.25) is 4.79 Å². The summed E-state index contributed by atoms with van der Waals surface area (Å²) >= 11 is 4.11. The fraction of sp³-hybridized carbons (Fsp3) is 0.214. The molecule has 1 unspecified atom stereocenters. The van der Waals surface area contributed by atoms with Crippen LogP contribution in [-0.2, 0) is 4.79 Å². The number of thiol groups is 1. The topological polar surface area (TPSA) is 80.9 Å². The van der Waals surface area contributed by atoms with Crippen molar-refractivity contribution in [3.05, 3.63) is 47.3 Å². The van der Waals surface area contributed by atoms with Crippen molar-refractivity contribution in [2.75, 3.05) is 5.32 Å². The van der Waals surface area contributed by atoms with Crippen LogP contribution in [0, 0.1) is 13.8 Å². The molecule has 1 amide bonds. The van der Waals surface area contributed by atoms with Crippen molar-refractivity contribution in [3.63, 3.8) is 0 Å². The maximum atomic E-state index is 11.0. The summed E-state index contributed by atoms with van der Waals surface area (Å²) in [6.45, 7) is 4.03. The molecule has 20 heavy (non-hydrogen) atoms. The Morgan fingerprint density at radius 2 is 1.80 bits per heavy atom. The Labute approximate surface area is 123 Å². The zero-order valence-corrected chi connectivity index (χ0v) is 12.2. The first kappa shape index (κ1) is 14.3. The van der Waals surface area contributed by atoms with Gasteiger partial charge in [0.05, 0.1) is 0 Å². The van der Waals surface area contributed by atoms with Gasteiger partial charge in [0.25, 0.3) is 0 Å². The van der Waals surface area contributed by atoms with E-state index in [-0.39, 0.29) is 0 Å². The number of nitrogens with one attached hydrogen (secondary N) is 1. The Morgan fingerprint density at radius 3 is 2.30 bits per heavy atom. The van der Waals surface area contributed by atoms with E-state index in [0.29, 0.717) is 11.5 Å². The molecule has 0 saturated heterocycles. The summed E-state index contributed by atoms with van der Waals surface area (Å²) in [7, 11) is 0. The Morgan fingerprint density at radius 1 is 1.25 bits per heavy atom. The van der Waals surface area contributed by atoms with Gasteiger partial charge in [-0.1, -0.05) is 18.2 Å². The number of benzene rings is 1. The third kappa shape index (κ3) is 3.08. The number of amides is 1. The fourth-order valence-corrected chi connectivity index (χ4v) is 1.96. The maximum Gasteiger partial charge on any atom is 0.234 e. The fourth-order valence-electron chi connectivity index (χ4n) is 1.83. The van der Waals surface area contributed by atoms with Crippen LogP contribution in [0.1, 0.15) is 21.9 Å². The number of hydrogen-bond acceptors (Lipinski definition) is 5. The number of anilines is 2. The number of rotatable bonds is 4. The first-order valence-corrected chi connectivity index (χ1v) is 6.63. The molecule has 5 nitrogen and oxygen atoms in total. The van der Waals surface area contributed by atoms with Crippen molar-refractivity contribution in [1.29, 1.82) is 0 Å². The van der Waals surface area contributed by atoms with Gasteiger partial charge in [0, 0.05) is 23.6 Å². The van der Waals surface area contributed by atoms with Gasteiger partial charge in [-0.15, -0.1) is 0 Å². The molecule has 0 radical (unpaired) electrons. The van der Waals surface area contributed by atoms with Crippen LogP contribution in [0.3, 0.4) is 0 Å². The van der Waals surface area contributed by atoms with Crippen molar-refractivity contribution in [3.8, 4) is 0 Å². The lowest BCUT2D eigenvalue weighted by molar-refractivity contribution is -0.117. The van der Waals surface area contributed by atoms with Crippen LogP contribution in [-0.4, -0.2) is 15.9 Å². The Bertz CT molecular complexity index is 607. The number of hydrogen-bond donors (Lipinski definition) is 3. The van der Waals surface area contributed by atoms with E-state index in [2.05, 4.69) is 27.9 Å². The molecule has 0 fully saturated rings. The molecule has 0 spiro atoms. The highest BCUT2D eigenvalue weighted by atomic mass is 32.1. The lowest BCUT2D eigenvalue weighted by atomic mass is 10.1. The number of nitrogens with zero attached hydrogens (tertiary/aromatic N) is 2. The summed E-state index contributed by atoms with van der Waals surface area (Å²) in [6, 6.07) is 6.03.